The van der Waals surface area contributed by atoms with Gasteiger partial charge in [0.1, 0.15) is 0 Å². The lowest BCUT2D eigenvalue weighted by atomic mass is 10.1. The van der Waals surface area contributed by atoms with E-state index in [0.717, 1.165) is 10.8 Å². The van der Waals surface area contributed by atoms with Gasteiger partial charge in [0.15, 0.2) is 0 Å². The normalized spacial score (nSPS) is 16.0. The smallest absolute Gasteiger partial charge is 0.255 e. The molecule has 7 heteroatoms. The summed E-state index contributed by atoms with van der Waals surface area (Å²) in [4.78, 5) is 15.1. The molecular weight excluding hydrogens is 386 g/mol. The third kappa shape index (κ3) is 4.03. The number of fused-ring (bicyclic) bond motifs is 1. The van der Waals surface area contributed by atoms with Gasteiger partial charge >= 0.3 is 0 Å². The van der Waals surface area contributed by atoms with Gasteiger partial charge < -0.3 is 10.2 Å². The molecule has 0 spiro atoms. The number of anilines is 1. The van der Waals surface area contributed by atoms with Crippen molar-refractivity contribution in [1.82, 2.24) is 9.21 Å². The Hall–Kier alpha value is -2.74. The van der Waals surface area contributed by atoms with Gasteiger partial charge in [0, 0.05) is 42.8 Å². The molecule has 0 unspecified atom stereocenters. The molecule has 0 aromatic heterocycles. The fraction of sp³-hybridized carbons (Fsp3) is 0.227. The molecule has 150 valence electrons. The van der Waals surface area contributed by atoms with E-state index in [1.54, 1.807) is 18.2 Å². The highest BCUT2D eigenvalue weighted by atomic mass is 32.2. The summed E-state index contributed by atoms with van der Waals surface area (Å²) in [6, 6.07) is 19.7. The van der Waals surface area contributed by atoms with Crippen molar-refractivity contribution in [2.24, 2.45) is 0 Å². The quantitative estimate of drug-likeness (QED) is 0.719. The van der Waals surface area contributed by atoms with Crippen LogP contribution in [0.25, 0.3) is 10.8 Å². The van der Waals surface area contributed by atoms with Crippen LogP contribution in [0.1, 0.15) is 10.4 Å². The SMILES string of the molecule is CN1CCN(S(=O)(=O)c2cccc(C(=O)Nc3cccc4ccccc34)c2)CC1. The molecule has 29 heavy (non-hydrogen) atoms. The van der Waals surface area contributed by atoms with E-state index in [0.29, 0.717) is 37.4 Å². The van der Waals surface area contributed by atoms with Crippen LogP contribution >= 0.6 is 0 Å². The van der Waals surface area contributed by atoms with E-state index in [9.17, 15) is 13.2 Å². The highest BCUT2D eigenvalue weighted by Crippen LogP contribution is 2.24. The average molecular weight is 410 g/mol. The molecule has 1 aliphatic heterocycles. The maximum Gasteiger partial charge on any atom is 0.255 e. The van der Waals surface area contributed by atoms with E-state index in [1.807, 2.05) is 49.5 Å². The zero-order valence-electron chi connectivity index (χ0n) is 16.2. The van der Waals surface area contributed by atoms with Gasteiger partial charge in [-0.1, -0.05) is 42.5 Å². The van der Waals surface area contributed by atoms with Gasteiger partial charge in [-0.2, -0.15) is 4.31 Å². The van der Waals surface area contributed by atoms with Crippen molar-refractivity contribution in [3.8, 4) is 0 Å². The summed E-state index contributed by atoms with van der Waals surface area (Å²) >= 11 is 0. The van der Waals surface area contributed by atoms with Crippen molar-refractivity contribution in [2.45, 2.75) is 4.90 Å². The number of sulfonamides is 1. The number of nitrogens with zero attached hydrogens (tertiary/aromatic N) is 2. The predicted octanol–water partition coefficient (Wildman–Crippen LogP) is 3.03. The second-order valence-electron chi connectivity index (χ2n) is 7.22. The number of carbonyl (C=O) groups excluding carboxylic acids is 1. The molecule has 1 fully saturated rings. The Kier molecular flexibility index (Phi) is 5.36. The van der Waals surface area contributed by atoms with E-state index in [-0.39, 0.29) is 10.8 Å². The highest BCUT2D eigenvalue weighted by Gasteiger charge is 2.28. The highest BCUT2D eigenvalue weighted by molar-refractivity contribution is 7.89. The Bertz CT molecular complexity index is 1150. The lowest BCUT2D eigenvalue weighted by Gasteiger charge is -2.31. The van der Waals surface area contributed by atoms with Crippen molar-refractivity contribution in [3.05, 3.63) is 72.3 Å². The Labute approximate surface area is 170 Å². The van der Waals surface area contributed by atoms with E-state index in [4.69, 9.17) is 0 Å². The molecule has 3 aromatic carbocycles. The van der Waals surface area contributed by atoms with Crippen LogP contribution in [-0.2, 0) is 10.0 Å². The molecule has 1 N–H and O–H groups in total. The maximum absolute atomic E-state index is 13.0. The predicted molar refractivity (Wildman–Crippen MR) is 115 cm³/mol. The summed E-state index contributed by atoms with van der Waals surface area (Å²) in [6.45, 7) is 2.29. The fourth-order valence-corrected chi connectivity index (χ4v) is 4.97. The fourth-order valence-electron chi connectivity index (χ4n) is 3.50. The van der Waals surface area contributed by atoms with Gasteiger partial charge in [0.2, 0.25) is 10.0 Å². The van der Waals surface area contributed by atoms with Crippen molar-refractivity contribution < 1.29 is 13.2 Å². The van der Waals surface area contributed by atoms with Crippen LogP contribution in [0, 0.1) is 0 Å². The number of hydrogen-bond donors (Lipinski definition) is 1. The number of hydrogen-bond acceptors (Lipinski definition) is 4. The minimum atomic E-state index is -3.62. The number of likely N-dealkylation sites (N-methyl/N-ethyl adjacent to an activating group) is 1. The second-order valence-corrected chi connectivity index (χ2v) is 9.15. The molecule has 0 saturated carbocycles. The minimum Gasteiger partial charge on any atom is -0.321 e. The van der Waals surface area contributed by atoms with Crippen LogP contribution in [-0.4, -0.2) is 56.8 Å². The molecule has 6 nitrogen and oxygen atoms in total. The van der Waals surface area contributed by atoms with Crippen molar-refractivity contribution >= 4 is 32.4 Å². The van der Waals surface area contributed by atoms with Crippen molar-refractivity contribution in [3.63, 3.8) is 0 Å². The van der Waals surface area contributed by atoms with Gasteiger partial charge in [-0.25, -0.2) is 8.42 Å². The van der Waals surface area contributed by atoms with E-state index < -0.39 is 10.0 Å². The van der Waals surface area contributed by atoms with E-state index in [2.05, 4.69) is 10.2 Å². The van der Waals surface area contributed by atoms with E-state index >= 15 is 0 Å². The van der Waals surface area contributed by atoms with Gasteiger partial charge in [0.25, 0.3) is 5.91 Å². The number of piperazine rings is 1. The Morgan fingerprint density at radius 1 is 0.897 bits per heavy atom. The molecule has 3 aromatic rings. The summed E-state index contributed by atoms with van der Waals surface area (Å²) in [7, 11) is -1.65. The molecule has 0 atom stereocenters. The largest absolute Gasteiger partial charge is 0.321 e. The molecule has 1 amide bonds. The zero-order valence-corrected chi connectivity index (χ0v) is 17.0. The molecule has 0 radical (unpaired) electrons. The summed E-state index contributed by atoms with van der Waals surface area (Å²) in [6.07, 6.45) is 0. The number of amides is 1. The molecular formula is C22H23N3O3S. The van der Waals surface area contributed by atoms with Crippen LogP contribution in [0.4, 0.5) is 5.69 Å². The number of nitrogens with one attached hydrogen (secondary N) is 1. The monoisotopic (exact) mass is 409 g/mol. The number of benzene rings is 3. The Morgan fingerprint density at radius 3 is 2.38 bits per heavy atom. The molecule has 1 heterocycles. The first-order valence-electron chi connectivity index (χ1n) is 9.53. The van der Waals surface area contributed by atoms with Gasteiger partial charge in [-0.3, -0.25) is 4.79 Å². The lowest BCUT2D eigenvalue weighted by Crippen LogP contribution is -2.47. The first-order valence-corrected chi connectivity index (χ1v) is 11.0. The maximum atomic E-state index is 13.0. The summed E-state index contributed by atoms with van der Waals surface area (Å²) in [5.41, 5.74) is 1.01. The Morgan fingerprint density at radius 2 is 1.59 bits per heavy atom. The topological polar surface area (TPSA) is 69.7 Å². The Balaban J connectivity index is 1.59. The van der Waals surface area contributed by atoms with Gasteiger partial charge in [-0.15, -0.1) is 0 Å². The molecule has 0 bridgehead atoms. The molecule has 0 aliphatic carbocycles. The summed E-state index contributed by atoms with van der Waals surface area (Å²) in [5.74, 6) is -0.336. The van der Waals surface area contributed by atoms with Crippen LogP contribution in [0.2, 0.25) is 0 Å². The average Bonchev–Trinajstić information content (AvgIpc) is 2.74. The van der Waals surface area contributed by atoms with Gasteiger partial charge in [-0.05, 0) is 36.7 Å². The first kappa shape index (κ1) is 19.6. The van der Waals surface area contributed by atoms with Crippen LogP contribution in [0.15, 0.2) is 71.6 Å². The van der Waals surface area contributed by atoms with Crippen LogP contribution in [0.3, 0.4) is 0 Å². The molecule has 1 aliphatic rings. The standard InChI is InChI=1S/C22H23N3O3S/c1-24-12-14-25(15-13-24)29(27,28)19-9-4-8-18(16-19)22(26)23-21-11-5-7-17-6-2-3-10-20(17)21/h2-11,16H,12-15H2,1H3,(H,23,26). The van der Waals surface area contributed by atoms with Crippen LogP contribution in [0.5, 0.6) is 0 Å². The van der Waals surface area contributed by atoms with Crippen LogP contribution < -0.4 is 5.32 Å². The summed E-state index contributed by atoms with van der Waals surface area (Å²) < 4.78 is 27.4. The van der Waals surface area contributed by atoms with Crippen molar-refractivity contribution in [2.75, 3.05) is 38.5 Å². The first-order chi connectivity index (χ1) is 13.9. The van der Waals surface area contributed by atoms with E-state index in [1.165, 1.54) is 10.4 Å². The lowest BCUT2D eigenvalue weighted by molar-refractivity contribution is 0.102. The number of rotatable bonds is 4. The van der Waals surface area contributed by atoms with Crippen molar-refractivity contribution in [1.29, 1.82) is 0 Å². The second kappa shape index (κ2) is 7.94. The number of carbonyl (C=O) groups is 1. The zero-order chi connectivity index (χ0) is 20.4. The minimum absolute atomic E-state index is 0.146. The third-order valence-corrected chi connectivity index (χ3v) is 7.13. The summed E-state index contributed by atoms with van der Waals surface area (Å²) in [5, 5.41) is 4.87. The molecule has 1 saturated heterocycles. The third-order valence-electron chi connectivity index (χ3n) is 5.23. The van der Waals surface area contributed by atoms with Gasteiger partial charge in [0.05, 0.1) is 4.90 Å². The molecule has 4 rings (SSSR count).